The van der Waals surface area contributed by atoms with Crippen LogP contribution in [0.1, 0.15) is 22.6 Å². The second-order valence-corrected chi connectivity index (χ2v) is 4.89. The number of nitrogens with one attached hydrogen (secondary N) is 1. The van der Waals surface area contributed by atoms with E-state index in [0.717, 1.165) is 33.9 Å². The van der Waals surface area contributed by atoms with Gasteiger partial charge in [-0.1, -0.05) is 6.07 Å². The minimum Gasteiger partial charge on any atom is -0.466 e. The van der Waals surface area contributed by atoms with Crippen molar-refractivity contribution < 1.29 is 4.42 Å². The molecule has 1 aromatic carbocycles. The van der Waals surface area contributed by atoms with Gasteiger partial charge in [-0.25, -0.2) is 4.98 Å². The number of imidazole rings is 1. The maximum absolute atomic E-state index is 5.56. The van der Waals surface area contributed by atoms with Gasteiger partial charge in [-0.05, 0) is 51.0 Å². The van der Waals surface area contributed by atoms with Crippen LogP contribution in [0.2, 0.25) is 0 Å². The van der Waals surface area contributed by atoms with Crippen molar-refractivity contribution in [2.24, 2.45) is 0 Å². The number of hydrogen-bond donors (Lipinski definition) is 1. The van der Waals surface area contributed by atoms with E-state index >= 15 is 0 Å². The predicted octanol–water partition coefficient (Wildman–Crippen LogP) is 4.06. The van der Waals surface area contributed by atoms with E-state index in [0.29, 0.717) is 0 Å². The number of aromatic amines is 1. The molecule has 2 aromatic heterocycles. The zero-order chi connectivity index (χ0) is 12.9. The molecule has 0 aliphatic rings. The molecular weight excluding hydrogens is 224 g/mol. The first-order chi connectivity index (χ1) is 8.54. The van der Waals surface area contributed by atoms with Gasteiger partial charge in [0.15, 0.2) is 0 Å². The van der Waals surface area contributed by atoms with Gasteiger partial charge >= 0.3 is 0 Å². The van der Waals surface area contributed by atoms with Crippen LogP contribution < -0.4 is 0 Å². The molecule has 3 rings (SSSR count). The first kappa shape index (κ1) is 11.1. The molecule has 18 heavy (non-hydrogen) atoms. The Morgan fingerprint density at radius 1 is 1.06 bits per heavy atom. The van der Waals surface area contributed by atoms with E-state index in [2.05, 4.69) is 35.9 Å². The van der Waals surface area contributed by atoms with Crippen LogP contribution in [-0.4, -0.2) is 9.97 Å². The fraction of sp³-hybridized carbons (Fsp3) is 0.267. The molecular formula is C15H16N2O. The van der Waals surface area contributed by atoms with Gasteiger partial charge in [-0.15, -0.1) is 0 Å². The number of benzene rings is 1. The third-order valence-electron chi connectivity index (χ3n) is 3.22. The van der Waals surface area contributed by atoms with Crippen LogP contribution in [0, 0.1) is 27.7 Å². The molecule has 0 saturated carbocycles. The molecule has 0 bridgehead atoms. The van der Waals surface area contributed by atoms with E-state index in [4.69, 9.17) is 4.42 Å². The number of nitrogens with zero attached hydrogens (tertiary/aromatic N) is 1. The second kappa shape index (κ2) is 3.73. The molecule has 3 heteroatoms. The van der Waals surface area contributed by atoms with Crippen molar-refractivity contribution >= 4 is 11.0 Å². The Kier molecular flexibility index (Phi) is 2.30. The number of fused-ring (bicyclic) bond motifs is 1. The fourth-order valence-corrected chi connectivity index (χ4v) is 2.46. The molecule has 0 unspecified atom stereocenters. The van der Waals surface area contributed by atoms with Gasteiger partial charge < -0.3 is 9.40 Å². The Hall–Kier alpha value is -2.03. The van der Waals surface area contributed by atoms with Gasteiger partial charge in [0, 0.05) is 0 Å². The third kappa shape index (κ3) is 1.63. The molecule has 0 aliphatic carbocycles. The molecule has 0 fully saturated rings. The summed E-state index contributed by atoms with van der Waals surface area (Å²) >= 11 is 0. The van der Waals surface area contributed by atoms with E-state index in [9.17, 15) is 0 Å². The smallest absolute Gasteiger partial charge is 0.142 e. The lowest BCUT2D eigenvalue weighted by molar-refractivity contribution is 0.505. The van der Waals surface area contributed by atoms with Crippen molar-refractivity contribution in [1.82, 2.24) is 9.97 Å². The van der Waals surface area contributed by atoms with Crippen molar-refractivity contribution in [1.29, 1.82) is 0 Å². The Balaban J connectivity index is 2.25. The van der Waals surface area contributed by atoms with Crippen molar-refractivity contribution in [2.45, 2.75) is 27.7 Å². The highest BCUT2D eigenvalue weighted by Crippen LogP contribution is 2.27. The van der Waals surface area contributed by atoms with E-state index in [1.807, 2.05) is 19.9 Å². The fourth-order valence-electron chi connectivity index (χ4n) is 2.46. The summed E-state index contributed by atoms with van der Waals surface area (Å²) in [5.41, 5.74) is 5.61. The summed E-state index contributed by atoms with van der Waals surface area (Å²) in [4.78, 5) is 8.06. The summed E-state index contributed by atoms with van der Waals surface area (Å²) in [6.45, 7) is 8.11. The largest absolute Gasteiger partial charge is 0.466 e. The van der Waals surface area contributed by atoms with Crippen LogP contribution in [-0.2, 0) is 0 Å². The van der Waals surface area contributed by atoms with E-state index < -0.39 is 0 Å². The molecule has 3 nitrogen and oxygen atoms in total. The Labute approximate surface area is 106 Å². The van der Waals surface area contributed by atoms with Crippen LogP contribution in [0.4, 0.5) is 0 Å². The topological polar surface area (TPSA) is 41.8 Å². The lowest BCUT2D eigenvalue weighted by Crippen LogP contribution is -1.80. The quantitative estimate of drug-likeness (QED) is 0.697. The van der Waals surface area contributed by atoms with Gasteiger partial charge in [0.05, 0.1) is 16.6 Å². The van der Waals surface area contributed by atoms with Gasteiger partial charge in [0.25, 0.3) is 0 Å². The maximum atomic E-state index is 5.56. The monoisotopic (exact) mass is 240 g/mol. The molecule has 0 saturated heterocycles. The van der Waals surface area contributed by atoms with Crippen LogP contribution >= 0.6 is 0 Å². The standard InChI is InChI=1S/C15H16N2O/c1-8-5-9(2)14-13(6-8)16-15(17-14)12-7-10(3)18-11(12)4/h5-7H,1-4H3,(H,16,17). The third-order valence-corrected chi connectivity index (χ3v) is 3.22. The van der Waals surface area contributed by atoms with Crippen LogP contribution in [0.15, 0.2) is 22.6 Å². The van der Waals surface area contributed by atoms with Gasteiger partial charge in [-0.2, -0.15) is 0 Å². The highest BCUT2D eigenvalue weighted by Gasteiger charge is 2.12. The predicted molar refractivity (Wildman–Crippen MR) is 72.7 cm³/mol. The van der Waals surface area contributed by atoms with Crippen molar-refractivity contribution in [3.63, 3.8) is 0 Å². The van der Waals surface area contributed by atoms with E-state index in [1.54, 1.807) is 0 Å². The Morgan fingerprint density at radius 3 is 2.50 bits per heavy atom. The van der Waals surface area contributed by atoms with Crippen molar-refractivity contribution in [3.05, 3.63) is 40.8 Å². The molecule has 0 spiro atoms. The second-order valence-electron chi connectivity index (χ2n) is 4.89. The highest BCUT2D eigenvalue weighted by molar-refractivity contribution is 5.83. The lowest BCUT2D eigenvalue weighted by atomic mass is 10.1. The summed E-state index contributed by atoms with van der Waals surface area (Å²) < 4.78 is 5.56. The van der Waals surface area contributed by atoms with Crippen LogP contribution in [0.3, 0.4) is 0 Å². The van der Waals surface area contributed by atoms with Crippen molar-refractivity contribution in [3.8, 4) is 11.4 Å². The summed E-state index contributed by atoms with van der Waals surface area (Å²) in [6.07, 6.45) is 0. The van der Waals surface area contributed by atoms with Crippen LogP contribution in [0.5, 0.6) is 0 Å². The molecule has 2 heterocycles. The zero-order valence-electron chi connectivity index (χ0n) is 11.1. The molecule has 0 aliphatic heterocycles. The lowest BCUT2D eigenvalue weighted by Gasteiger charge is -1.96. The van der Waals surface area contributed by atoms with Crippen molar-refractivity contribution in [2.75, 3.05) is 0 Å². The zero-order valence-corrected chi connectivity index (χ0v) is 11.1. The van der Waals surface area contributed by atoms with E-state index in [-0.39, 0.29) is 0 Å². The number of aromatic nitrogens is 2. The summed E-state index contributed by atoms with van der Waals surface area (Å²) in [7, 11) is 0. The van der Waals surface area contributed by atoms with Gasteiger partial charge in [-0.3, -0.25) is 0 Å². The molecule has 3 aromatic rings. The summed E-state index contributed by atoms with van der Waals surface area (Å²) in [6, 6.07) is 6.30. The SMILES string of the molecule is Cc1cc(C)c2nc(-c3cc(C)oc3C)[nH]c2c1. The first-order valence-electron chi connectivity index (χ1n) is 6.09. The molecule has 0 atom stereocenters. The summed E-state index contributed by atoms with van der Waals surface area (Å²) in [5.74, 6) is 2.70. The average molecular weight is 240 g/mol. The summed E-state index contributed by atoms with van der Waals surface area (Å²) in [5, 5.41) is 0. The minimum absolute atomic E-state index is 0.882. The highest BCUT2D eigenvalue weighted by atomic mass is 16.3. The van der Waals surface area contributed by atoms with Gasteiger partial charge in [0.1, 0.15) is 17.3 Å². The van der Waals surface area contributed by atoms with E-state index in [1.165, 1.54) is 11.1 Å². The number of hydrogen-bond acceptors (Lipinski definition) is 2. The Morgan fingerprint density at radius 2 is 1.83 bits per heavy atom. The average Bonchev–Trinajstić information content (AvgIpc) is 2.81. The first-order valence-corrected chi connectivity index (χ1v) is 6.09. The molecule has 0 radical (unpaired) electrons. The molecule has 1 N–H and O–H groups in total. The Bertz CT molecular complexity index is 734. The number of furan rings is 1. The molecule has 92 valence electrons. The number of H-pyrrole nitrogens is 1. The minimum atomic E-state index is 0.882. The number of rotatable bonds is 1. The molecule has 0 amide bonds. The normalized spacial score (nSPS) is 11.3. The number of aryl methyl sites for hydroxylation is 4. The van der Waals surface area contributed by atoms with Gasteiger partial charge in [0.2, 0.25) is 0 Å². The van der Waals surface area contributed by atoms with Crippen LogP contribution in [0.25, 0.3) is 22.4 Å². The maximum Gasteiger partial charge on any atom is 0.142 e.